The Labute approximate surface area is 89.9 Å². The molecule has 2 nitrogen and oxygen atoms in total. The molecule has 0 spiro atoms. The number of hydrogen-bond donors (Lipinski definition) is 2. The molecule has 1 aromatic rings. The predicted molar refractivity (Wildman–Crippen MR) is 59.2 cm³/mol. The van der Waals surface area contributed by atoms with E-state index in [-0.39, 0.29) is 6.04 Å². The van der Waals surface area contributed by atoms with Crippen molar-refractivity contribution in [1.29, 1.82) is 0 Å². The fourth-order valence-corrected chi connectivity index (χ4v) is 1.38. The Morgan fingerprint density at radius 1 is 1.27 bits per heavy atom. The molecule has 0 aliphatic rings. The van der Waals surface area contributed by atoms with Gasteiger partial charge < -0.3 is 10.8 Å². The Bertz CT molecular complexity index is 313. The van der Waals surface area contributed by atoms with E-state index in [1.165, 1.54) is 13.8 Å². The lowest BCUT2D eigenvalue weighted by Crippen LogP contribution is -2.24. The molecule has 3 heteroatoms. The van der Waals surface area contributed by atoms with Crippen LogP contribution >= 0.6 is 0 Å². The van der Waals surface area contributed by atoms with E-state index in [4.69, 9.17) is 5.73 Å². The minimum absolute atomic E-state index is 0.325. The van der Waals surface area contributed by atoms with Gasteiger partial charge in [0.2, 0.25) is 0 Å². The molecule has 0 amide bonds. The van der Waals surface area contributed by atoms with E-state index < -0.39 is 11.8 Å². The fraction of sp³-hybridized carbons (Fsp3) is 0.500. The predicted octanol–water partition coefficient (Wildman–Crippen LogP) is 2.27. The van der Waals surface area contributed by atoms with Crippen LogP contribution in [0.2, 0.25) is 0 Å². The van der Waals surface area contributed by atoms with Crippen LogP contribution in [0.25, 0.3) is 0 Å². The van der Waals surface area contributed by atoms with Crippen molar-refractivity contribution in [3.8, 4) is 0 Å². The molecule has 0 aliphatic carbocycles. The quantitative estimate of drug-likeness (QED) is 0.805. The maximum atomic E-state index is 13.5. The molecule has 0 saturated carbocycles. The number of aliphatic hydroxyl groups excluding tert-OH is 1. The van der Waals surface area contributed by atoms with Gasteiger partial charge in [0, 0.05) is 6.04 Å². The van der Waals surface area contributed by atoms with Crippen LogP contribution in [0.3, 0.4) is 0 Å². The average Bonchev–Trinajstić information content (AvgIpc) is 2.15. The van der Waals surface area contributed by atoms with E-state index in [9.17, 15) is 9.50 Å². The molecule has 0 radical (unpaired) electrons. The molecule has 2 atom stereocenters. The Kier molecular flexibility index (Phi) is 3.47. The van der Waals surface area contributed by atoms with Crippen LogP contribution in [0.1, 0.15) is 38.0 Å². The van der Waals surface area contributed by atoms with Crippen LogP contribution in [-0.4, -0.2) is 11.1 Å². The van der Waals surface area contributed by atoms with Crippen molar-refractivity contribution in [3.05, 3.63) is 35.4 Å². The minimum Gasteiger partial charge on any atom is -0.387 e. The monoisotopic (exact) mass is 211 g/mol. The van der Waals surface area contributed by atoms with Crippen molar-refractivity contribution in [2.24, 2.45) is 5.73 Å². The van der Waals surface area contributed by atoms with E-state index in [0.29, 0.717) is 5.56 Å². The second-order valence-electron chi connectivity index (χ2n) is 4.40. The van der Waals surface area contributed by atoms with Crippen LogP contribution in [0.15, 0.2) is 24.3 Å². The van der Waals surface area contributed by atoms with Gasteiger partial charge in [-0.25, -0.2) is 4.39 Å². The van der Waals surface area contributed by atoms with Crippen molar-refractivity contribution in [1.82, 2.24) is 0 Å². The first kappa shape index (κ1) is 12.1. The van der Waals surface area contributed by atoms with Crippen LogP contribution in [0.4, 0.5) is 4.39 Å². The molecule has 2 unspecified atom stereocenters. The van der Waals surface area contributed by atoms with Crippen molar-refractivity contribution >= 4 is 0 Å². The lowest BCUT2D eigenvalue weighted by atomic mass is 9.96. The lowest BCUT2D eigenvalue weighted by Gasteiger charge is -2.18. The summed E-state index contributed by atoms with van der Waals surface area (Å²) in [6.07, 6.45) is -0.693. The number of nitrogens with two attached hydrogens (primary N) is 1. The van der Waals surface area contributed by atoms with Crippen molar-refractivity contribution < 1.29 is 9.50 Å². The molecule has 0 bridgehead atoms. The summed E-state index contributed by atoms with van der Waals surface area (Å²) in [5.41, 5.74) is 5.54. The highest BCUT2D eigenvalue weighted by Gasteiger charge is 2.19. The Morgan fingerprint density at radius 3 is 2.07 bits per heavy atom. The molecule has 3 N–H and O–H groups in total. The van der Waals surface area contributed by atoms with Gasteiger partial charge in [-0.3, -0.25) is 0 Å². The summed E-state index contributed by atoms with van der Waals surface area (Å²) in [5, 5.41) is 9.67. The smallest absolute Gasteiger partial charge is 0.130 e. The zero-order valence-corrected chi connectivity index (χ0v) is 9.37. The Hall–Kier alpha value is -0.930. The summed E-state index contributed by atoms with van der Waals surface area (Å²) in [4.78, 5) is 0. The zero-order chi connectivity index (χ0) is 11.6. The number of hydrogen-bond acceptors (Lipinski definition) is 2. The molecule has 0 aromatic heterocycles. The summed E-state index contributed by atoms with van der Waals surface area (Å²) in [5.74, 6) is 0. The van der Waals surface area contributed by atoms with Gasteiger partial charge in [0.05, 0.1) is 6.10 Å². The lowest BCUT2D eigenvalue weighted by molar-refractivity contribution is 0.153. The van der Waals surface area contributed by atoms with Gasteiger partial charge in [-0.15, -0.1) is 0 Å². The van der Waals surface area contributed by atoms with E-state index in [1.54, 1.807) is 31.2 Å². The third-order valence-corrected chi connectivity index (χ3v) is 2.44. The minimum atomic E-state index is -1.35. The van der Waals surface area contributed by atoms with E-state index in [2.05, 4.69) is 0 Å². The Morgan fingerprint density at radius 2 is 1.73 bits per heavy atom. The highest BCUT2D eigenvalue weighted by atomic mass is 19.1. The third kappa shape index (κ3) is 3.01. The highest BCUT2D eigenvalue weighted by Crippen LogP contribution is 2.26. The summed E-state index contributed by atoms with van der Waals surface area (Å²) < 4.78 is 13.5. The van der Waals surface area contributed by atoms with Crippen molar-refractivity contribution in [2.75, 3.05) is 0 Å². The molecule has 15 heavy (non-hydrogen) atoms. The van der Waals surface area contributed by atoms with E-state index in [0.717, 1.165) is 5.56 Å². The van der Waals surface area contributed by atoms with Gasteiger partial charge in [-0.2, -0.15) is 0 Å². The summed E-state index contributed by atoms with van der Waals surface area (Å²) in [6.45, 7) is 4.74. The number of alkyl halides is 1. The molecule has 0 fully saturated rings. The number of halogens is 1. The molecule has 0 heterocycles. The average molecular weight is 211 g/mol. The van der Waals surface area contributed by atoms with Gasteiger partial charge in [-0.1, -0.05) is 24.3 Å². The van der Waals surface area contributed by atoms with Gasteiger partial charge >= 0.3 is 0 Å². The molecule has 84 valence electrons. The first-order chi connectivity index (χ1) is 6.82. The number of benzene rings is 1. The second kappa shape index (κ2) is 4.29. The summed E-state index contributed by atoms with van der Waals surface area (Å²) in [6, 6.07) is 6.46. The van der Waals surface area contributed by atoms with E-state index in [1.807, 2.05) is 0 Å². The van der Waals surface area contributed by atoms with Gasteiger partial charge in [0.1, 0.15) is 5.67 Å². The first-order valence-corrected chi connectivity index (χ1v) is 5.05. The number of aliphatic hydroxyl groups is 1. The molecular weight excluding hydrogens is 193 g/mol. The van der Waals surface area contributed by atoms with Crippen LogP contribution in [-0.2, 0) is 5.67 Å². The molecule has 0 saturated heterocycles. The third-order valence-electron chi connectivity index (χ3n) is 2.44. The molecule has 1 aromatic carbocycles. The zero-order valence-electron chi connectivity index (χ0n) is 9.37. The summed E-state index contributed by atoms with van der Waals surface area (Å²) in [7, 11) is 0. The fourth-order valence-electron chi connectivity index (χ4n) is 1.38. The molecular formula is C12H18FNO. The van der Waals surface area contributed by atoms with Crippen LogP contribution < -0.4 is 5.73 Å². The number of rotatable bonds is 3. The van der Waals surface area contributed by atoms with Gasteiger partial charge in [0.25, 0.3) is 0 Å². The topological polar surface area (TPSA) is 46.2 Å². The molecule has 0 aliphatic heterocycles. The van der Waals surface area contributed by atoms with E-state index >= 15 is 0 Å². The van der Waals surface area contributed by atoms with Crippen molar-refractivity contribution in [2.45, 2.75) is 38.6 Å². The second-order valence-corrected chi connectivity index (χ2v) is 4.40. The maximum absolute atomic E-state index is 13.5. The first-order valence-electron chi connectivity index (χ1n) is 5.05. The molecule has 1 rings (SSSR count). The van der Waals surface area contributed by atoms with Gasteiger partial charge in [0.15, 0.2) is 0 Å². The Balaban J connectivity index is 2.91. The standard InChI is InChI=1S/C12H18FNO/c1-8(14)11(15)9-4-6-10(7-5-9)12(2,3)13/h4-8,11,15H,14H2,1-3H3. The summed E-state index contributed by atoms with van der Waals surface area (Å²) >= 11 is 0. The SMILES string of the molecule is CC(N)C(O)c1ccc(C(C)(C)F)cc1. The van der Waals surface area contributed by atoms with Gasteiger partial charge in [-0.05, 0) is 31.9 Å². The van der Waals surface area contributed by atoms with Crippen molar-refractivity contribution in [3.63, 3.8) is 0 Å². The largest absolute Gasteiger partial charge is 0.387 e. The van der Waals surface area contributed by atoms with Crippen LogP contribution in [0, 0.1) is 0 Å². The normalized spacial score (nSPS) is 16.1. The highest BCUT2D eigenvalue weighted by molar-refractivity contribution is 5.28. The van der Waals surface area contributed by atoms with Crippen LogP contribution in [0.5, 0.6) is 0 Å². The maximum Gasteiger partial charge on any atom is 0.130 e.